The molecule has 3 N–H and O–H groups in total. The number of anilines is 2. The number of carbonyl (C=O) groups is 2. The van der Waals surface area contributed by atoms with Crippen molar-refractivity contribution >= 4 is 61.7 Å². The van der Waals surface area contributed by atoms with Crippen LogP contribution < -0.4 is 16.0 Å². The summed E-state index contributed by atoms with van der Waals surface area (Å²) >= 11 is 6.11. The lowest BCUT2D eigenvalue weighted by Crippen LogP contribution is -2.34. The Morgan fingerprint density at radius 2 is 2.07 bits per heavy atom. The summed E-state index contributed by atoms with van der Waals surface area (Å²) in [5.41, 5.74) is 1.67. The molecule has 0 atom stereocenters. The third-order valence-electron chi connectivity index (χ3n) is 3.45. The van der Waals surface area contributed by atoms with E-state index in [1.165, 1.54) is 23.1 Å². The van der Waals surface area contributed by atoms with Crippen molar-refractivity contribution in [3.63, 3.8) is 0 Å². The zero-order valence-electron chi connectivity index (χ0n) is 15.2. The second kappa shape index (κ2) is 11.3. The fourth-order valence-corrected chi connectivity index (χ4v) is 4.11. The summed E-state index contributed by atoms with van der Waals surface area (Å²) in [4.78, 5) is 23.9. The van der Waals surface area contributed by atoms with Crippen LogP contribution in [0.25, 0.3) is 0 Å². The Hall–Kier alpha value is -1.65. The molecule has 0 aliphatic rings. The van der Waals surface area contributed by atoms with Crippen LogP contribution in [-0.4, -0.2) is 40.9 Å². The van der Waals surface area contributed by atoms with E-state index in [1.807, 2.05) is 25.1 Å². The number of aromatic nitrogens is 2. The van der Waals surface area contributed by atoms with Crippen LogP contribution in [0.1, 0.15) is 25.3 Å². The zero-order chi connectivity index (χ0) is 19.6. The molecule has 2 amide bonds. The normalized spacial score (nSPS) is 10.5. The highest BCUT2D eigenvalue weighted by Crippen LogP contribution is 2.25. The molecule has 0 saturated carbocycles. The number of benzene rings is 1. The SMILES string of the molecule is CCCCNc1nnc(SCC(=O)NCC(=O)Nc2ccc(Br)cc2C)s1. The number of aryl methyl sites for hydroxylation is 1. The second-order valence-corrected chi connectivity index (χ2v) is 8.84. The Balaban J connectivity index is 1.69. The first-order valence-electron chi connectivity index (χ1n) is 8.50. The number of hydrogen-bond donors (Lipinski definition) is 3. The van der Waals surface area contributed by atoms with Gasteiger partial charge in [-0.15, -0.1) is 10.2 Å². The van der Waals surface area contributed by atoms with E-state index in [0.29, 0.717) is 0 Å². The van der Waals surface area contributed by atoms with Gasteiger partial charge in [-0.05, 0) is 37.1 Å². The minimum absolute atomic E-state index is 0.0746. The highest BCUT2D eigenvalue weighted by Gasteiger charge is 2.10. The molecule has 1 heterocycles. The van der Waals surface area contributed by atoms with Gasteiger partial charge in [-0.2, -0.15) is 0 Å². The number of carbonyl (C=O) groups excluding carboxylic acids is 2. The molecule has 10 heteroatoms. The minimum Gasteiger partial charge on any atom is -0.360 e. The first-order valence-corrected chi connectivity index (χ1v) is 11.1. The Bertz CT molecular complexity index is 784. The molecule has 146 valence electrons. The van der Waals surface area contributed by atoms with Crippen molar-refractivity contribution in [3.8, 4) is 0 Å². The topological polar surface area (TPSA) is 96.0 Å². The van der Waals surface area contributed by atoms with Gasteiger partial charge in [0, 0.05) is 16.7 Å². The molecule has 0 saturated heterocycles. The smallest absolute Gasteiger partial charge is 0.243 e. The summed E-state index contributed by atoms with van der Waals surface area (Å²) in [6.07, 6.45) is 2.19. The molecule has 2 rings (SSSR count). The van der Waals surface area contributed by atoms with Crippen LogP contribution in [0.3, 0.4) is 0 Å². The summed E-state index contributed by atoms with van der Waals surface area (Å²) < 4.78 is 1.67. The monoisotopic (exact) mass is 471 g/mol. The first-order chi connectivity index (χ1) is 13.0. The minimum atomic E-state index is -0.267. The second-order valence-electron chi connectivity index (χ2n) is 5.73. The number of nitrogens with zero attached hydrogens (tertiary/aromatic N) is 2. The van der Waals surface area contributed by atoms with E-state index in [1.54, 1.807) is 0 Å². The molecule has 7 nitrogen and oxygen atoms in total. The molecule has 0 aliphatic heterocycles. The van der Waals surface area contributed by atoms with Crippen LogP contribution in [0.4, 0.5) is 10.8 Å². The van der Waals surface area contributed by atoms with E-state index in [0.717, 1.165) is 44.6 Å². The van der Waals surface area contributed by atoms with Gasteiger partial charge in [0.25, 0.3) is 0 Å². The first kappa shape index (κ1) is 21.6. The quantitative estimate of drug-likeness (QED) is 0.361. The number of thioether (sulfide) groups is 1. The van der Waals surface area contributed by atoms with Crippen LogP contribution in [0.2, 0.25) is 0 Å². The maximum absolute atomic E-state index is 12.0. The summed E-state index contributed by atoms with van der Waals surface area (Å²) in [5, 5.41) is 17.4. The van der Waals surface area contributed by atoms with Crippen molar-refractivity contribution < 1.29 is 9.59 Å². The molecule has 0 spiro atoms. The van der Waals surface area contributed by atoms with Gasteiger partial charge in [-0.1, -0.05) is 52.4 Å². The lowest BCUT2D eigenvalue weighted by molar-refractivity contribution is -0.122. The standard InChI is InChI=1S/C17H22BrN5O2S2/c1-3-4-7-19-16-22-23-17(27-16)26-10-15(25)20-9-14(24)21-13-6-5-12(18)8-11(13)2/h5-6,8H,3-4,7,9-10H2,1-2H3,(H,19,22)(H,20,25)(H,21,24). The molecule has 1 aromatic carbocycles. The third kappa shape index (κ3) is 7.86. The van der Waals surface area contributed by atoms with Crippen LogP contribution in [0.5, 0.6) is 0 Å². The number of unbranched alkanes of at least 4 members (excludes halogenated alkanes) is 1. The van der Waals surface area contributed by atoms with E-state index in [-0.39, 0.29) is 24.1 Å². The number of halogens is 1. The Kier molecular flexibility index (Phi) is 9.02. The highest BCUT2D eigenvalue weighted by molar-refractivity contribution is 9.10. The maximum atomic E-state index is 12.0. The molecule has 0 aliphatic carbocycles. The van der Waals surface area contributed by atoms with Crippen molar-refractivity contribution in [3.05, 3.63) is 28.2 Å². The van der Waals surface area contributed by atoms with Gasteiger partial charge >= 0.3 is 0 Å². The van der Waals surface area contributed by atoms with E-state index in [9.17, 15) is 9.59 Å². The van der Waals surface area contributed by atoms with Crippen molar-refractivity contribution in [1.29, 1.82) is 0 Å². The van der Waals surface area contributed by atoms with E-state index >= 15 is 0 Å². The van der Waals surface area contributed by atoms with E-state index in [4.69, 9.17) is 0 Å². The molecule has 0 unspecified atom stereocenters. The van der Waals surface area contributed by atoms with Crippen molar-refractivity contribution in [1.82, 2.24) is 15.5 Å². The Morgan fingerprint density at radius 3 is 2.81 bits per heavy atom. The molecule has 0 fully saturated rings. The van der Waals surface area contributed by atoms with E-state index < -0.39 is 0 Å². The van der Waals surface area contributed by atoms with Crippen LogP contribution in [0.15, 0.2) is 27.0 Å². The molecule has 0 bridgehead atoms. The lowest BCUT2D eigenvalue weighted by atomic mass is 10.2. The van der Waals surface area contributed by atoms with E-state index in [2.05, 4.69) is 49.0 Å². The van der Waals surface area contributed by atoms with Crippen molar-refractivity contribution in [2.24, 2.45) is 0 Å². The summed E-state index contributed by atoms with van der Waals surface area (Å²) in [6.45, 7) is 4.82. The predicted octanol–water partition coefficient (Wildman–Crippen LogP) is 3.67. The van der Waals surface area contributed by atoms with Crippen LogP contribution in [-0.2, 0) is 9.59 Å². The molecule has 0 radical (unpaired) electrons. The lowest BCUT2D eigenvalue weighted by Gasteiger charge is -2.09. The van der Waals surface area contributed by atoms with Gasteiger partial charge in [0.2, 0.25) is 16.9 Å². The molecule has 2 aromatic rings. The largest absolute Gasteiger partial charge is 0.360 e. The highest BCUT2D eigenvalue weighted by atomic mass is 79.9. The van der Waals surface area contributed by atoms with Crippen molar-refractivity contribution in [2.45, 2.75) is 31.0 Å². The number of hydrogen-bond acceptors (Lipinski definition) is 7. The fraction of sp³-hybridized carbons (Fsp3) is 0.412. The van der Waals surface area contributed by atoms with Gasteiger partial charge in [-0.3, -0.25) is 9.59 Å². The molecular formula is C17H22BrN5O2S2. The molecule has 27 heavy (non-hydrogen) atoms. The van der Waals surface area contributed by atoms with Gasteiger partial charge < -0.3 is 16.0 Å². The predicted molar refractivity (Wildman–Crippen MR) is 115 cm³/mol. The number of rotatable bonds is 10. The van der Waals surface area contributed by atoms with Gasteiger partial charge in [0.1, 0.15) is 0 Å². The average Bonchev–Trinajstić information content (AvgIpc) is 3.09. The Morgan fingerprint density at radius 1 is 1.26 bits per heavy atom. The third-order valence-corrected chi connectivity index (χ3v) is 5.96. The number of amides is 2. The van der Waals surface area contributed by atoms with Crippen LogP contribution >= 0.6 is 39.0 Å². The number of nitrogens with one attached hydrogen (secondary N) is 3. The van der Waals surface area contributed by atoms with Gasteiger partial charge in [0.15, 0.2) is 4.34 Å². The summed E-state index contributed by atoms with van der Waals surface area (Å²) in [7, 11) is 0. The summed E-state index contributed by atoms with van der Waals surface area (Å²) in [6, 6.07) is 5.58. The summed E-state index contributed by atoms with van der Waals surface area (Å²) in [5.74, 6) is -0.302. The maximum Gasteiger partial charge on any atom is 0.243 e. The molecule has 1 aromatic heterocycles. The molecular weight excluding hydrogens is 450 g/mol. The average molecular weight is 472 g/mol. The fourth-order valence-electron chi connectivity index (χ4n) is 2.03. The Labute approximate surface area is 175 Å². The van der Waals surface area contributed by atoms with Crippen molar-refractivity contribution in [2.75, 3.05) is 29.5 Å². The van der Waals surface area contributed by atoms with Gasteiger partial charge in [-0.25, -0.2) is 0 Å². The van der Waals surface area contributed by atoms with Gasteiger partial charge in [0.05, 0.1) is 12.3 Å². The zero-order valence-corrected chi connectivity index (χ0v) is 18.4. The van der Waals surface area contributed by atoms with Crippen LogP contribution in [0, 0.1) is 6.92 Å².